The quantitative estimate of drug-likeness (QED) is 0.450. The summed E-state index contributed by atoms with van der Waals surface area (Å²) in [7, 11) is 1.65. The summed E-state index contributed by atoms with van der Waals surface area (Å²) in [4.78, 5) is 17.0. The molecule has 8 heteroatoms. The minimum atomic E-state index is -0.823. The van der Waals surface area contributed by atoms with Gasteiger partial charge in [-0.1, -0.05) is 17.7 Å². The van der Waals surface area contributed by atoms with Crippen molar-refractivity contribution in [1.29, 1.82) is 0 Å². The van der Waals surface area contributed by atoms with Gasteiger partial charge >= 0.3 is 0 Å². The van der Waals surface area contributed by atoms with Crippen molar-refractivity contribution in [2.75, 3.05) is 6.54 Å². The predicted molar refractivity (Wildman–Crippen MR) is 112 cm³/mol. The summed E-state index contributed by atoms with van der Waals surface area (Å²) in [5.74, 6) is -2.03. The van der Waals surface area contributed by atoms with Crippen molar-refractivity contribution in [3.05, 3.63) is 68.6 Å². The molecule has 0 saturated carbocycles. The largest absolute Gasteiger partial charge is 0.507 e. The Hall–Kier alpha value is -3.03. The number of phenols is 1. The number of nitrogens with zero attached hydrogens (tertiary/aromatic N) is 2. The van der Waals surface area contributed by atoms with Gasteiger partial charge in [-0.15, -0.1) is 0 Å². The van der Waals surface area contributed by atoms with Crippen LogP contribution in [-0.2, 0) is 20.0 Å². The van der Waals surface area contributed by atoms with E-state index < -0.39 is 17.4 Å². The van der Waals surface area contributed by atoms with Gasteiger partial charge in [-0.25, -0.2) is 8.78 Å². The summed E-state index contributed by atoms with van der Waals surface area (Å²) in [5.41, 5.74) is 1.38. The molecule has 0 spiro atoms. The second-order valence-corrected chi connectivity index (χ2v) is 7.75. The molecule has 2 aromatic carbocycles. The lowest BCUT2D eigenvalue weighted by atomic mass is 9.93. The van der Waals surface area contributed by atoms with Gasteiger partial charge in [0, 0.05) is 35.5 Å². The second kappa shape index (κ2) is 6.75. The van der Waals surface area contributed by atoms with Crippen LogP contribution in [0.5, 0.6) is 5.75 Å². The summed E-state index contributed by atoms with van der Waals surface area (Å²) in [5, 5.41) is 14.4. The van der Waals surface area contributed by atoms with Crippen LogP contribution in [0.15, 0.2) is 35.3 Å². The normalized spacial score (nSPS) is 13.7. The maximum absolute atomic E-state index is 15.6. The zero-order valence-corrected chi connectivity index (χ0v) is 16.6. The first-order chi connectivity index (χ1) is 14.4. The van der Waals surface area contributed by atoms with Crippen LogP contribution in [0, 0.1) is 11.6 Å². The number of aromatic nitrogens is 2. The molecule has 1 aliphatic rings. The lowest BCUT2D eigenvalue weighted by Gasteiger charge is -2.22. The van der Waals surface area contributed by atoms with E-state index in [-0.39, 0.29) is 27.2 Å². The van der Waals surface area contributed by atoms with E-state index in [1.54, 1.807) is 7.05 Å². The van der Waals surface area contributed by atoms with Gasteiger partial charge in [-0.3, -0.25) is 9.78 Å². The second-order valence-electron chi connectivity index (χ2n) is 7.34. The van der Waals surface area contributed by atoms with Crippen LogP contribution in [0.3, 0.4) is 0 Å². The van der Waals surface area contributed by atoms with Crippen LogP contribution in [0.1, 0.15) is 11.1 Å². The number of nitrogens with one attached hydrogen (secondary N) is 1. The zero-order valence-electron chi connectivity index (χ0n) is 15.9. The summed E-state index contributed by atoms with van der Waals surface area (Å²) < 4.78 is 31.5. The maximum Gasteiger partial charge on any atom is 0.255 e. The molecule has 0 saturated heterocycles. The smallest absolute Gasteiger partial charge is 0.255 e. The van der Waals surface area contributed by atoms with Crippen LogP contribution in [0.25, 0.3) is 32.9 Å². The van der Waals surface area contributed by atoms with Gasteiger partial charge in [0.05, 0.1) is 22.3 Å². The number of hydrogen-bond donors (Lipinski definition) is 2. The average Bonchev–Trinajstić information content (AvgIpc) is 2.73. The zero-order chi connectivity index (χ0) is 21.2. The number of aryl methyl sites for hydroxylation is 1. The Labute approximate surface area is 174 Å². The predicted octanol–water partition coefficient (Wildman–Crippen LogP) is 4.04. The number of phenolic OH excluding ortho intramolecular Hbond substituents is 1. The van der Waals surface area contributed by atoms with E-state index in [2.05, 4.69) is 10.3 Å². The molecule has 0 amide bonds. The summed E-state index contributed by atoms with van der Waals surface area (Å²) in [6.07, 6.45) is 2.06. The van der Waals surface area contributed by atoms with Crippen molar-refractivity contribution in [3.63, 3.8) is 0 Å². The van der Waals surface area contributed by atoms with E-state index in [0.717, 1.165) is 11.6 Å². The topological polar surface area (TPSA) is 67.2 Å². The first-order valence-corrected chi connectivity index (χ1v) is 9.77. The van der Waals surface area contributed by atoms with Gasteiger partial charge in [-0.2, -0.15) is 0 Å². The summed E-state index contributed by atoms with van der Waals surface area (Å²) in [6, 6.07) is 5.25. The van der Waals surface area contributed by atoms with E-state index in [0.29, 0.717) is 41.4 Å². The first-order valence-electron chi connectivity index (χ1n) is 9.40. The van der Waals surface area contributed by atoms with Crippen molar-refractivity contribution < 1.29 is 13.9 Å². The van der Waals surface area contributed by atoms with Crippen LogP contribution in [0.2, 0.25) is 5.02 Å². The third kappa shape index (κ3) is 2.55. The SMILES string of the molecule is Cn1c(=O)c2c(c3c4cc(Cl)c(-c5c(O)cccc5F)c(F)c4ncc31)CCNC2. The number of benzene rings is 2. The molecule has 2 N–H and O–H groups in total. The van der Waals surface area contributed by atoms with Gasteiger partial charge in [0.2, 0.25) is 0 Å². The summed E-state index contributed by atoms with van der Waals surface area (Å²) in [6.45, 7) is 1.12. The van der Waals surface area contributed by atoms with Crippen LogP contribution in [-0.4, -0.2) is 21.2 Å². The highest BCUT2D eigenvalue weighted by atomic mass is 35.5. The highest BCUT2D eigenvalue weighted by Crippen LogP contribution is 2.42. The molecule has 30 heavy (non-hydrogen) atoms. The van der Waals surface area contributed by atoms with Crippen molar-refractivity contribution in [2.45, 2.75) is 13.0 Å². The highest BCUT2D eigenvalue weighted by Gasteiger charge is 2.25. The molecule has 0 aliphatic carbocycles. The number of fused-ring (bicyclic) bond motifs is 5. The van der Waals surface area contributed by atoms with Crippen molar-refractivity contribution >= 4 is 33.4 Å². The molecule has 0 fully saturated rings. The van der Waals surface area contributed by atoms with Gasteiger partial charge < -0.3 is 15.0 Å². The number of hydrogen-bond acceptors (Lipinski definition) is 4. The van der Waals surface area contributed by atoms with Gasteiger partial charge in [0.1, 0.15) is 17.1 Å². The lowest BCUT2D eigenvalue weighted by Crippen LogP contribution is -2.33. The fraction of sp³-hybridized carbons (Fsp3) is 0.182. The van der Waals surface area contributed by atoms with E-state index in [9.17, 15) is 14.3 Å². The Kier molecular flexibility index (Phi) is 4.27. The van der Waals surface area contributed by atoms with Gasteiger partial charge in [0.25, 0.3) is 5.56 Å². The lowest BCUT2D eigenvalue weighted by molar-refractivity contribution is 0.471. The molecule has 5 rings (SSSR count). The molecule has 0 radical (unpaired) electrons. The fourth-order valence-corrected chi connectivity index (χ4v) is 4.58. The minimum absolute atomic E-state index is 0.00364. The third-order valence-electron chi connectivity index (χ3n) is 5.72. The molecule has 0 unspecified atom stereocenters. The molecule has 4 aromatic rings. The molecular weight excluding hydrogens is 412 g/mol. The molecule has 152 valence electrons. The van der Waals surface area contributed by atoms with Crippen molar-refractivity contribution in [3.8, 4) is 16.9 Å². The van der Waals surface area contributed by atoms with Crippen LogP contribution < -0.4 is 10.9 Å². The highest BCUT2D eigenvalue weighted by molar-refractivity contribution is 6.35. The van der Waals surface area contributed by atoms with Crippen LogP contribution >= 0.6 is 11.6 Å². The number of halogens is 3. The molecule has 1 aliphatic heterocycles. The Bertz CT molecular complexity index is 1410. The van der Waals surface area contributed by atoms with E-state index in [1.807, 2.05) is 0 Å². The standard InChI is InChI=1S/C22H16ClF2N3O2/c1-28-15-9-27-21-11(17(15)10-5-6-26-8-12(10)22(28)30)7-13(23)18(20(21)25)19-14(24)3-2-4-16(19)29/h2-4,7,9,26,29H,5-6,8H2,1H3. The third-order valence-corrected chi connectivity index (χ3v) is 6.02. The van der Waals surface area contributed by atoms with Crippen molar-refractivity contribution in [2.24, 2.45) is 7.05 Å². The Morgan fingerprint density at radius 3 is 2.80 bits per heavy atom. The molecule has 5 nitrogen and oxygen atoms in total. The van der Waals surface area contributed by atoms with Gasteiger partial charge in [-0.05, 0) is 36.7 Å². The Morgan fingerprint density at radius 1 is 1.23 bits per heavy atom. The molecule has 0 atom stereocenters. The molecule has 2 aromatic heterocycles. The Balaban J connectivity index is 1.95. The first kappa shape index (κ1) is 19.0. The number of aromatic hydroxyl groups is 1. The Morgan fingerprint density at radius 2 is 2.03 bits per heavy atom. The van der Waals surface area contributed by atoms with E-state index in [4.69, 9.17) is 11.6 Å². The fourth-order valence-electron chi connectivity index (χ4n) is 4.29. The molecule has 3 heterocycles. The van der Waals surface area contributed by atoms with Gasteiger partial charge in [0.15, 0.2) is 5.82 Å². The van der Waals surface area contributed by atoms with E-state index in [1.165, 1.54) is 29.0 Å². The average molecular weight is 428 g/mol. The maximum atomic E-state index is 15.6. The number of rotatable bonds is 1. The van der Waals surface area contributed by atoms with Crippen molar-refractivity contribution in [1.82, 2.24) is 14.9 Å². The van der Waals surface area contributed by atoms with Crippen LogP contribution in [0.4, 0.5) is 8.78 Å². The minimum Gasteiger partial charge on any atom is -0.507 e. The summed E-state index contributed by atoms with van der Waals surface area (Å²) >= 11 is 6.42. The molecular formula is C22H16ClF2N3O2. The number of pyridine rings is 2. The van der Waals surface area contributed by atoms with E-state index >= 15 is 4.39 Å². The monoisotopic (exact) mass is 427 g/mol. The molecule has 0 bridgehead atoms.